The number of nitrogens with zero attached hydrogens (tertiary/aromatic N) is 1. The van der Waals surface area contributed by atoms with Crippen molar-refractivity contribution < 1.29 is 4.79 Å². The third-order valence-corrected chi connectivity index (χ3v) is 4.65. The average molecular weight is 345 g/mol. The summed E-state index contributed by atoms with van der Waals surface area (Å²) in [5.74, 6) is 0.0572. The van der Waals surface area contributed by atoms with Crippen LogP contribution in [0.1, 0.15) is 21.5 Å². The number of hydrogen-bond donors (Lipinski definition) is 1. The van der Waals surface area contributed by atoms with Crippen LogP contribution in [0.5, 0.6) is 0 Å². The average Bonchev–Trinajstić information content (AvgIpc) is 2.71. The van der Waals surface area contributed by atoms with E-state index in [1.807, 2.05) is 48.2 Å². The van der Waals surface area contributed by atoms with Gasteiger partial charge in [-0.15, -0.1) is 0 Å². The van der Waals surface area contributed by atoms with Crippen LogP contribution in [0.25, 0.3) is 0 Å². The Hall–Kier alpha value is -1.65. The van der Waals surface area contributed by atoms with Crippen molar-refractivity contribution in [3.05, 3.63) is 63.6 Å². The third kappa shape index (κ3) is 2.87. The number of amides is 1. The molecule has 3 nitrogen and oxygen atoms in total. The minimum absolute atomic E-state index is 0.0572. The van der Waals surface area contributed by atoms with Crippen molar-refractivity contribution >= 4 is 27.5 Å². The largest absolute Gasteiger partial charge is 0.311 e. The number of rotatable bonds is 1. The molecule has 0 spiro atoms. The molecule has 2 aromatic carbocycles. The summed E-state index contributed by atoms with van der Waals surface area (Å²) >= 11 is 3.48. The first-order valence-corrected chi connectivity index (χ1v) is 7.83. The van der Waals surface area contributed by atoms with Gasteiger partial charge >= 0.3 is 0 Å². The highest BCUT2D eigenvalue weighted by Crippen LogP contribution is 2.25. The molecule has 0 atom stereocenters. The van der Waals surface area contributed by atoms with E-state index in [0.717, 1.165) is 39.9 Å². The van der Waals surface area contributed by atoms with Crippen LogP contribution in [-0.2, 0) is 6.54 Å². The molecule has 21 heavy (non-hydrogen) atoms. The zero-order valence-corrected chi connectivity index (χ0v) is 13.5. The normalized spacial score (nSPS) is 14.5. The monoisotopic (exact) mass is 344 g/mol. The number of nitrogens with one attached hydrogen (secondary N) is 1. The van der Waals surface area contributed by atoms with Gasteiger partial charge < -0.3 is 10.2 Å². The predicted molar refractivity (Wildman–Crippen MR) is 88.7 cm³/mol. The van der Waals surface area contributed by atoms with Crippen molar-refractivity contribution in [2.24, 2.45) is 0 Å². The highest BCUT2D eigenvalue weighted by atomic mass is 79.9. The zero-order valence-electron chi connectivity index (χ0n) is 11.9. The third-order valence-electron chi connectivity index (χ3n) is 3.76. The second-order valence-corrected chi connectivity index (χ2v) is 6.08. The first kappa shape index (κ1) is 14.3. The van der Waals surface area contributed by atoms with Gasteiger partial charge in [0.2, 0.25) is 0 Å². The first-order valence-electron chi connectivity index (χ1n) is 7.03. The van der Waals surface area contributed by atoms with Gasteiger partial charge in [0.05, 0.1) is 0 Å². The van der Waals surface area contributed by atoms with E-state index in [4.69, 9.17) is 0 Å². The molecule has 0 fully saturated rings. The molecule has 1 aliphatic heterocycles. The van der Waals surface area contributed by atoms with Gasteiger partial charge in [-0.2, -0.15) is 0 Å². The zero-order chi connectivity index (χ0) is 14.8. The molecular weight excluding hydrogens is 328 g/mol. The Kier molecular flexibility index (Phi) is 4.08. The van der Waals surface area contributed by atoms with Crippen LogP contribution < -0.4 is 10.2 Å². The number of para-hydroxylation sites is 1. The molecule has 0 unspecified atom stereocenters. The molecule has 2 aromatic rings. The van der Waals surface area contributed by atoms with Crippen molar-refractivity contribution in [1.29, 1.82) is 0 Å². The van der Waals surface area contributed by atoms with E-state index in [0.29, 0.717) is 6.54 Å². The predicted octanol–water partition coefficient (Wildman–Crippen LogP) is 3.51. The maximum Gasteiger partial charge on any atom is 0.258 e. The van der Waals surface area contributed by atoms with Gasteiger partial charge in [0, 0.05) is 35.4 Å². The van der Waals surface area contributed by atoms with Gasteiger partial charge in [0.15, 0.2) is 0 Å². The molecular formula is C17H17BrN2O. The lowest BCUT2D eigenvalue weighted by atomic mass is 10.1. The van der Waals surface area contributed by atoms with E-state index in [-0.39, 0.29) is 5.91 Å². The van der Waals surface area contributed by atoms with Gasteiger partial charge in [0.1, 0.15) is 0 Å². The van der Waals surface area contributed by atoms with Crippen molar-refractivity contribution in [1.82, 2.24) is 5.32 Å². The second kappa shape index (κ2) is 6.00. The van der Waals surface area contributed by atoms with Crippen LogP contribution >= 0.6 is 15.9 Å². The topological polar surface area (TPSA) is 32.3 Å². The Morgan fingerprint density at radius 1 is 1.24 bits per heavy atom. The Balaban J connectivity index is 1.99. The minimum Gasteiger partial charge on any atom is -0.311 e. The van der Waals surface area contributed by atoms with Gasteiger partial charge in [-0.05, 0) is 42.3 Å². The molecule has 1 N–H and O–H groups in total. The summed E-state index contributed by atoms with van der Waals surface area (Å²) in [6.45, 7) is 4.29. The molecule has 0 aromatic heterocycles. The molecule has 4 heteroatoms. The maximum absolute atomic E-state index is 12.9. The lowest BCUT2D eigenvalue weighted by Gasteiger charge is -2.23. The smallest absolute Gasteiger partial charge is 0.258 e. The fraction of sp³-hybridized carbons (Fsp3) is 0.235. The summed E-state index contributed by atoms with van der Waals surface area (Å²) in [6, 6.07) is 13.8. The Morgan fingerprint density at radius 3 is 2.86 bits per heavy atom. The Bertz CT molecular complexity index is 684. The van der Waals surface area contributed by atoms with Crippen LogP contribution in [0.2, 0.25) is 0 Å². The number of carbonyl (C=O) groups excluding carboxylic acids is 1. The molecule has 0 radical (unpaired) electrons. The molecule has 0 saturated carbocycles. The van der Waals surface area contributed by atoms with Gasteiger partial charge in [-0.3, -0.25) is 4.79 Å². The number of halogens is 1. The molecule has 108 valence electrons. The number of benzene rings is 2. The quantitative estimate of drug-likeness (QED) is 0.858. The van der Waals surface area contributed by atoms with Crippen molar-refractivity contribution in [2.75, 3.05) is 18.0 Å². The van der Waals surface area contributed by atoms with Gasteiger partial charge in [0.25, 0.3) is 5.91 Å². The van der Waals surface area contributed by atoms with E-state index < -0.39 is 0 Å². The van der Waals surface area contributed by atoms with Crippen molar-refractivity contribution in [3.8, 4) is 0 Å². The number of anilines is 1. The molecule has 3 rings (SSSR count). The first-order chi connectivity index (χ1) is 10.2. The maximum atomic E-state index is 12.9. The summed E-state index contributed by atoms with van der Waals surface area (Å²) in [5.41, 5.74) is 3.97. The van der Waals surface area contributed by atoms with E-state index in [1.54, 1.807) is 0 Å². The summed E-state index contributed by atoms with van der Waals surface area (Å²) in [5, 5.41) is 3.36. The van der Waals surface area contributed by atoms with Crippen LogP contribution in [0, 0.1) is 6.92 Å². The number of fused-ring (bicyclic) bond motifs is 1. The van der Waals surface area contributed by atoms with E-state index in [2.05, 4.69) is 27.3 Å². The summed E-state index contributed by atoms with van der Waals surface area (Å²) in [6.07, 6.45) is 0. The Morgan fingerprint density at radius 2 is 2.05 bits per heavy atom. The molecule has 0 bridgehead atoms. The summed E-state index contributed by atoms with van der Waals surface area (Å²) in [7, 11) is 0. The van der Waals surface area contributed by atoms with E-state index in [9.17, 15) is 4.79 Å². The fourth-order valence-corrected chi connectivity index (χ4v) is 2.85. The Labute approximate surface area is 133 Å². The molecule has 1 heterocycles. The van der Waals surface area contributed by atoms with Gasteiger partial charge in [-0.25, -0.2) is 0 Å². The summed E-state index contributed by atoms with van der Waals surface area (Å²) < 4.78 is 1.02. The highest BCUT2D eigenvalue weighted by molar-refractivity contribution is 9.10. The van der Waals surface area contributed by atoms with Crippen molar-refractivity contribution in [3.63, 3.8) is 0 Å². The second-order valence-electron chi connectivity index (χ2n) is 5.23. The van der Waals surface area contributed by atoms with Crippen LogP contribution in [0.3, 0.4) is 0 Å². The number of hydrogen-bond acceptors (Lipinski definition) is 2. The van der Waals surface area contributed by atoms with Gasteiger partial charge in [-0.1, -0.05) is 34.1 Å². The number of carbonyl (C=O) groups is 1. The molecule has 0 aliphatic carbocycles. The van der Waals surface area contributed by atoms with Crippen LogP contribution in [-0.4, -0.2) is 19.0 Å². The SMILES string of the molecule is Cc1cc(C(=O)N2CCNCc3ccccc32)ccc1Br. The summed E-state index contributed by atoms with van der Waals surface area (Å²) in [4.78, 5) is 14.7. The lowest BCUT2D eigenvalue weighted by Crippen LogP contribution is -2.34. The minimum atomic E-state index is 0.0572. The highest BCUT2D eigenvalue weighted by Gasteiger charge is 2.22. The van der Waals surface area contributed by atoms with Crippen molar-refractivity contribution in [2.45, 2.75) is 13.5 Å². The van der Waals surface area contributed by atoms with Crippen LogP contribution in [0.4, 0.5) is 5.69 Å². The lowest BCUT2D eigenvalue weighted by molar-refractivity contribution is 0.0987. The molecule has 1 aliphatic rings. The molecule has 1 amide bonds. The standard InChI is InChI=1S/C17H17BrN2O/c1-12-10-13(6-7-15(12)18)17(21)20-9-8-19-11-14-4-2-3-5-16(14)20/h2-7,10,19H,8-9,11H2,1H3. The molecule has 0 saturated heterocycles. The van der Waals surface area contributed by atoms with E-state index >= 15 is 0 Å². The van der Waals surface area contributed by atoms with Crippen LogP contribution in [0.15, 0.2) is 46.9 Å². The van der Waals surface area contributed by atoms with E-state index in [1.165, 1.54) is 0 Å². The fourth-order valence-electron chi connectivity index (χ4n) is 2.60. The number of aryl methyl sites for hydroxylation is 1.